The van der Waals surface area contributed by atoms with Crippen LogP contribution in [-0.2, 0) is 20.3 Å². The molecule has 28 heavy (non-hydrogen) atoms. The van der Waals surface area contributed by atoms with Gasteiger partial charge in [-0.25, -0.2) is 0 Å². The molecule has 3 rings (SSSR count). The summed E-state index contributed by atoms with van der Waals surface area (Å²) in [6.07, 6.45) is 0. The molecule has 1 atom stereocenters. The maximum Gasteiger partial charge on any atom is 0.202 e. The zero-order valence-electron chi connectivity index (χ0n) is 16.8. The van der Waals surface area contributed by atoms with Crippen LogP contribution in [0.2, 0.25) is 0 Å². The number of aromatic nitrogens is 3. The molecule has 0 fully saturated rings. The first kappa shape index (κ1) is 20.1. The lowest BCUT2D eigenvalue weighted by atomic mass is 10.2. The summed E-state index contributed by atoms with van der Waals surface area (Å²) in [6.45, 7) is 4.21. The molecule has 148 valence electrons. The molecular formula is C21H27N4O2S+. The SMILES string of the molecule is CCOc1ccc(C[NH+](C)Cn2nc(-c3ccccc3OC)n(C)c2=S)cc1. The van der Waals surface area contributed by atoms with Gasteiger partial charge in [-0.2, -0.15) is 4.68 Å². The van der Waals surface area contributed by atoms with Crippen LogP contribution in [0.4, 0.5) is 0 Å². The van der Waals surface area contributed by atoms with E-state index in [0.29, 0.717) is 18.0 Å². The first-order valence-corrected chi connectivity index (χ1v) is 9.74. The molecule has 2 aromatic carbocycles. The lowest BCUT2D eigenvalue weighted by molar-refractivity contribution is -0.917. The molecule has 3 aromatic rings. The van der Waals surface area contributed by atoms with Crippen molar-refractivity contribution in [2.45, 2.75) is 20.1 Å². The summed E-state index contributed by atoms with van der Waals surface area (Å²) in [6, 6.07) is 16.1. The van der Waals surface area contributed by atoms with E-state index < -0.39 is 0 Å². The molecule has 6 nitrogen and oxygen atoms in total. The molecule has 0 spiro atoms. The van der Waals surface area contributed by atoms with Crippen LogP contribution in [0.3, 0.4) is 0 Å². The minimum absolute atomic E-state index is 0.676. The van der Waals surface area contributed by atoms with E-state index in [4.69, 9.17) is 26.8 Å². The molecule has 0 aliphatic heterocycles. The highest BCUT2D eigenvalue weighted by Gasteiger charge is 2.16. The number of hydrogen-bond acceptors (Lipinski definition) is 4. The average molecular weight is 400 g/mol. The van der Waals surface area contributed by atoms with E-state index in [1.165, 1.54) is 10.5 Å². The van der Waals surface area contributed by atoms with Crippen molar-refractivity contribution in [3.63, 3.8) is 0 Å². The van der Waals surface area contributed by atoms with Crippen molar-refractivity contribution in [1.29, 1.82) is 0 Å². The van der Waals surface area contributed by atoms with Gasteiger partial charge in [0.1, 0.15) is 18.0 Å². The van der Waals surface area contributed by atoms with Crippen LogP contribution in [0.15, 0.2) is 48.5 Å². The zero-order chi connectivity index (χ0) is 20.1. The number of rotatable bonds is 8. The number of nitrogens with zero attached hydrogens (tertiary/aromatic N) is 3. The number of para-hydroxylation sites is 1. The third kappa shape index (κ3) is 4.43. The first-order valence-electron chi connectivity index (χ1n) is 9.33. The maximum absolute atomic E-state index is 5.62. The lowest BCUT2D eigenvalue weighted by Gasteiger charge is -2.14. The Bertz CT molecular complexity index is 979. The highest BCUT2D eigenvalue weighted by molar-refractivity contribution is 7.71. The summed E-state index contributed by atoms with van der Waals surface area (Å²) in [5, 5.41) is 4.76. The highest BCUT2D eigenvalue weighted by atomic mass is 32.1. The monoisotopic (exact) mass is 399 g/mol. The number of nitrogens with one attached hydrogen (secondary N) is 1. The van der Waals surface area contributed by atoms with E-state index in [2.05, 4.69) is 19.2 Å². The molecular weight excluding hydrogens is 372 g/mol. The number of methoxy groups -OCH3 is 1. The van der Waals surface area contributed by atoms with Gasteiger partial charge in [-0.05, 0) is 55.5 Å². The van der Waals surface area contributed by atoms with Gasteiger partial charge in [0.25, 0.3) is 0 Å². The average Bonchev–Trinajstić information content (AvgIpc) is 2.98. The Labute approximate surface area is 170 Å². The minimum atomic E-state index is 0.676. The molecule has 0 saturated heterocycles. The fourth-order valence-corrected chi connectivity index (χ4v) is 3.38. The molecule has 0 amide bonds. The van der Waals surface area contributed by atoms with Crippen LogP contribution >= 0.6 is 12.2 Å². The van der Waals surface area contributed by atoms with Gasteiger partial charge >= 0.3 is 0 Å². The molecule has 0 aliphatic carbocycles. The van der Waals surface area contributed by atoms with Crippen LogP contribution in [0, 0.1) is 4.77 Å². The van der Waals surface area contributed by atoms with Gasteiger partial charge in [0.2, 0.25) is 4.77 Å². The van der Waals surface area contributed by atoms with E-state index >= 15 is 0 Å². The van der Waals surface area contributed by atoms with E-state index in [-0.39, 0.29) is 0 Å². The van der Waals surface area contributed by atoms with Gasteiger partial charge in [0.15, 0.2) is 12.5 Å². The Morgan fingerprint density at radius 1 is 1.11 bits per heavy atom. The van der Waals surface area contributed by atoms with Gasteiger partial charge in [-0.15, -0.1) is 5.10 Å². The summed E-state index contributed by atoms with van der Waals surface area (Å²) in [5.41, 5.74) is 2.18. The van der Waals surface area contributed by atoms with Crippen molar-refractivity contribution < 1.29 is 14.4 Å². The summed E-state index contributed by atoms with van der Waals surface area (Å²) in [7, 11) is 5.74. The van der Waals surface area contributed by atoms with Crippen LogP contribution in [-0.4, -0.2) is 35.1 Å². The van der Waals surface area contributed by atoms with Crippen LogP contribution in [0.25, 0.3) is 11.4 Å². The number of benzene rings is 2. The van der Waals surface area contributed by atoms with Gasteiger partial charge in [0.05, 0.1) is 26.3 Å². The second-order valence-electron chi connectivity index (χ2n) is 6.73. The number of hydrogen-bond donors (Lipinski definition) is 1. The summed E-state index contributed by atoms with van der Waals surface area (Å²) in [4.78, 5) is 1.28. The summed E-state index contributed by atoms with van der Waals surface area (Å²) < 4.78 is 15.5. The third-order valence-corrected chi connectivity index (χ3v) is 5.03. The molecule has 0 bridgehead atoms. The minimum Gasteiger partial charge on any atom is -0.496 e. The predicted molar refractivity (Wildman–Crippen MR) is 112 cm³/mol. The molecule has 0 aliphatic rings. The van der Waals surface area contributed by atoms with Crippen molar-refractivity contribution in [3.05, 3.63) is 58.9 Å². The van der Waals surface area contributed by atoms with Crippen molar-refractivity contribution in [2.24, 2.45) is 7.05 Å². The molecule has 0 saturated carbocycles. The maximum atomic E-state index is 5.62. The largest absolute Gasteiger partial charge is 0.496 e. The van der Waals surface area contributed by atoms with E-state index in [1.807, 2.05) is 59.6 Å². The molecule has 1 N–H and O–H groups in total. The van der Waals surface area contributed by atoms with E-state index in [1.54, 1.807) is 7.11 Å². The first-order chi connectivity index (χ1) is 13.5. The lowest BCUT2D eigenvalue weighted by Crippen LogP contribution is -3.07. The van der Waals surface area contributed by atoms with Gasteiger partial charge in [0, 0.05) is 12.6 Å². The molecule has 1 unspecified atom stereocenters. The number of quaternary nitrogens is 1. The summed E-state index contributed by atoms with van der Waals surface area (Å²) in [5.74, 6) is 2.49. The van der Waals surface area contributed by atoms with Gasteiger partial charge in [-0.3, -0.25) is 0 Å². The van der Waals surface area contributed by atoms with Gasteiger partial charge in [-0.1, -0.05) is 12.1 Å². The van der Waals surface area contributed by atoms with E-state index in [0.717, 1.165) is 29.4 Å². The molecule has 0 radical (unpaired) electrons. The quantitative estimate of drug-likeness (QED) is 0.592. The zero-order valence-corrected chi connectivity index (χ0v) is 17.6. The summed E-state index contributed by atoms with van der Waals surface area (Å²) >= 11 is 5.62. The molecule has 1 heterocycles. The van der Waals surface area contributed by atoms with Crippen molar-refractivity contribution in [2.75, 3.05) is 20.8 Å². The normalized spacial score (nSPS) is 12.0. The fraction of sp³-hybridized carbons (Fsp3) is 0.333. The van der Waals surface area contributed by atoms with Crippen molar-refractivity contribution >= 4 is 12.2 Å². The molecule has 7 heteroatoms. The predicted octanol–water partition coefficient (Wildman–Crippen LogP) is 2.70. The van der Waals surface area contributed by atoms with Gasteiger partial charge < -0.3 is 18.9 Å². The van der Waals surface area contributed by atoms with Crippen molar-refractivity contribution in [3.8, 4) is 22.9 Å². The van der Waals surface area contributed by atoms with Crippen LogP contribution < -0.4 is 14.4 Å². The Balaban J connectivity index is 1.76. The smallest absolute Gasteiger partial charge is 0.202 e. The second-order valence-corrected chi connectivity index (χ2v) is 7.10. The Hall–Kier alpha value is -2.64. The topological polar surface area (TPSA) is 45.6 Å². The highest BCUT2D eigenvalue weighted by Crippen LogP contribution is 2.27. The van der Waals surface area contributed by atoms with Crippen molar-refractivity contribution in [1.82, 2.24) is 14.3 Å². The van der Waals surface area contributed by atoms with Crippen LogP contribution in [0.5, 0.6) is 11.5 Å². The Kier molecular flexibility index (Phi) is 6.49. The molecule has 1 aromatic heterocycles. The van der Waals surface area contributed by atoms with Crippen LogP contribution in [0.1, 0.15) is 12.5 Å². The third-order valence-electron chi connectivity index (χ3n) is 4.55. The fourth-order valence-electron chi connectivity index (χ4n) is 3.19. The Morgan fingerprint density at radius 2 is 1.82 bits per heavy atom. The van der Waals surface area contributed by atoms with E-state index in [9.17, 15) is 0 Å². The number of ether oxygens (including phenoxy) is 2. The Morgan fingerprint density at radius 3 is 2.50 bits per heavy atom. The second kappa shape index (κ2) is 9.03. The standard InChI is InChI=1S/C21H26N4O2S/c1-5-27-17-12-10-16(11-13-17)14-23(2)15-25-21(28)24(3)20(22-25)18-8-6-7-9-19(18)26-4/h6-13H,5,14-15H2,1-4H3/p+1.